The minimum absolute atomic E-state index is 0.128. The highest BCUT2D eigenvalue weighted by Crippen LogP contribution is 2.22. The Hall–Kier alpha value is -2.34. The van der Waals surface area contributed by atoms with Crippen molar-refractivity contribution >= 4 is 22.6 Å². The summed E-state index contributed by atoms with van der Waals surface area (Å²) >= 11 is 0. The molecule has 0 radical (unpaired) electrons. The van der Waals surface area contributed by atoms with Crippen LogP contribution in [0, 0.1) is 0 Å². The van der Waals surface area contributed by atoms with Crippen LogP contribution in [0.3, 0.4) is 0 Å². The van der Waals surface area contributed by atoms with Crippen molar-refractivity contribution in [2.75, 3.05) is 32.1 Å². The van der Waals surface area contributed by atoms with Gasteiger partial charge in [0.1, 0.15) is 5.58 Å². The second kappa shape index (κ2) is 6.41. The van der Waals surface area contributed by atoms with Gasteiger partial charge >= 0.3 is 5.63 Å². The lowest BCUT2D eigenvalue weighted by molar-refractivity contribution is -0.120. The van der Waals surface area contributed by atoms with E-state index in [-0.39, 0.29) is 12.3 Å². The molecule has 6 heteroatoms. The summed E-state index contributed by atoms with van der Waals surface area (Å²) < 4.78 is 5.22. The molecule has 0 saturated carbocycles. The fraction of sp³-hybridized carbons (Fsp3) is 0.333. The molecule has 0 unspecified atom stereocenters. The fourth-order valence-electron chi connectivity index (χ4n) is 2.09. The van der Waals surface area contributed by atoms with E-state index in [1.54, 1.807) is 6.07 Å². The Kier molecular flexibility index (Phi) is 4.59. The Morgan fingerprint density at radius 2 is 2.10 bits per heavy atom. The molecule has 0 aliphatic heterocycles. The van der Waals surface area contributed by atoms with E-state index in [9.17, 15) is 9.59 Å². The minimum Gasteiger partial charge on any atom is -0.423 e. The topological polar surface area (TPSA) is 88.6 Å². The van der Waals surface area contributed by atoms with Gasteiger partial charge in [-0.25, -0.2) is 4.79 Å². The maximum atomic E-state index is 11.8. The zero-order chi connectivity index (χ0) is 15.4. The molecule has 21 heavy (non-hydrogen) atoms. The van der Waals surface area contributed by atoms with Gasteiger partial charge < -0.3 is 20.4 Å². The SMILES string of the molecule is CN(C)c1ccc2c(CC(=O)NCCN)cc(=O)oc2c1. The molecular weight excluding hydrogens is 270 g/mol. The third-order valence-corrected chi connectivity index (χ3v) is 3.15. The molecule has 3 N–H and O–H groups in total. The van der Waals surface area contributed by atoms with Crippen LogP contribution in [0.2, 0.25) is 0 Å². The number of anilines is 1. The van der Waals surface area contributed by atoms with Crippen LogP contribution in [0.5, 0.6) is 0 Å². The van der Waals surface area contributed by atoms with E-state index in [1.165, 1.54) is 6.07 Å². The summed E-state index contributed by atoms with van der Waals surface area (Å²) in [5.74, 6) is -0.163. The highest BCUT2D eigenvalue weighted by molar-refractivity contribution is 5.88. The Morgan fingerprint density at radius 3 is 2.76 bits per heavy atom. The summed E-state index contributed by atoms with van der Waals surface area (Å²) in [5.41, 5.74) is 6.95. The molecule has 1 heterocycles. The number of nitrogens with two attached hydrogens (primary N) is 1. The lowest BCUT2D eigenvalue weighted by Gasteiger charge is -2.13. The molecule has 1 amide bonds. The highest BCUT2D eigenvalue weighted by Gasteiger charge is 2.10. The molecular formula is C15H19N3O3. The quantitative estimate of drug-likeness (QED) is 0.781. The van der Waals surface area contributed by atoms with Gasteiger partial charge in [-0.3, -0.25) is 4.79 Å². The van der Waals surface area contributed by atoms with Gasteiger partial charge in [-0.2, -0.15) is 0 Å². The Balaban J connectivity index is 2.39. The average Bonchev–Trinajstić information content (AvgIpc) is 2.44. The standard InChI is InChI=1S/C15H19N3O3/c1-18(2)11-3-4-12-10(7-14(19)17-6-5-16)8-15(20)21-13(12)9-11/h3-4,8-9H,5-7,16H2,1-2H3,(H,17,19). The van der Waals surface area contributed by atoms with Gasteiger partial charge in [0, 0.05) is 50.4 Å². The molecule has 0 saturated heterocycles. The summed E-state index contributed by atoms with van der Waals surface area (Å²) in [6.07, 6.45) is 0.128. The number of nitrogens with zero attached hydrogens (tertiary/aromatic N) is 1. The van der Waals surface area contributed by atoms with E-state index in [4.69, 9.17) is 10.2 Å². The van der Waals surface area contributed by atoms with Gasteiger partial charge in [-0.05, 0) is 17.7 Å². The number of fused-ring (bicyclic) bond motifs is 1. The fourth-order valence-corrected chi connectivity index (χ4v) is 2.09. The van der Waals surface area contributed by atoms with Gasteiger partial charge in [0.25, 0.3) is 0 Å². The summed E-state index contributed by atoms with van der Waals surface area (Å²) in [4.78, 5) is 25.4. The smallest absolute Gasteiger partial charge is 0.336 e. The van der Waals surface area contributed by atoms with E-state index in [2.05, 4.69) is 5.32 Å². The minimum atomic E-state index is -0.458. The van der Waals surface area contributed by atoms with E-state index >= 15 is 0 Å². The number of carbonyl (C=O) groups is 1. The summed E-state index contributed by atoms with van der Waals surface area (Å²) in [5, 5.41) is 3.46. The van der Waals surface area contributed by atoms with E-state index in [0.717, 1.165) is 11.1 Å². The monoisotopic (exact) mass is 289 g/mol. The Morgan fingerprint density at radius 1 is 1.33 bits per heavy atom. The molecule has 1 aromatic heterocycles. The van der Waals surface area contributed by atoms with Crippen molar-refractivity contribution in [2.45, 2.75) is 6.42 Å². The molecule has 112 valence electrons. The summed E-state index contributed by atoms with van der Waals surface area (Å²) in [7, 11) is 3.81. The lowest BCUT2D eigenvalue weighted by atomic mass is 10.1. The number of rotatable bonds is 5. The van der Waals surface area contributed by atoms with Crippen LogP contribution < -0.4 is 21.6 Å². The predicted octanol–water partition coefficient (Wildman–Crippen LogP) is 0.476. The second-order valence-electron chi connectivity index (χ2n) is 4.98. The molecule has 2 rings (SSSR count). The first-order chi connectivity index (χ1) is 10.0. The van der Waals surface area contributed by atoms with E-state index in [0.29, 0.717) is 24.2 Å². The molecule has 0 atom stereocenters. The maximum Gasteiger partial charge on any atom is 0.336 e. The van der Waals surface area contributed by atoms with Gasteiger partial charge in [0.15, 0.2) is 0 Å². The molecule has 1 aromatic carbocycles. The molecule has 0 aliphatic rings. The van der Waals surface area contributed by atoms with Crippen LogP contribution in [0.1, 0.15) is 5.56 Å². The molecule has 2 aromatic rings. The van der Waals surface area contributed by atoms with Crippen LogP contribution in [0.15, 0.2) is 33.5 Å². The van der Waals surface area contributed by atoms with E-state index in [1.807, 2.05) is 31.1 Å². The number of amides is 1. The number of carbonyl (C=O) groups excluding carboxylic acids is 1. The largest absolute Gasteiger partial charge is 0.423 e. The predicted molar refractivity (Wildman–Crippen MR) is 82.6 cm³/mol. The average molecular weight is 289 g/mol. The van der Waals surface area contributed by atoms with Crippen LogP contribution in [0.4, 0.5) is 5.69 Å². The van der Waals surface area contributed by atoms with E-state index < -0.39 is 5.63 Å². The number of nitrogens with one attached hydrogen (secondary N) is 1. The first-order valence-electron chi connectivity index (χ1n) is 6.72. The van der Waals surface area contributed by atoms with Gasteiger partial charge in [0.05, 0.1) is 6.42 Å². The van der Waals surface area contributed by atoms with Gasteiger partial charge in [-0.15, -0.1) is 0 Å². The van der Waals surface area contributed by atoms with Crippen molar-refractivity contribution in [3.8, 4) is 0 Å². The zero-order valence-corrected chi connectivity index (χ0v) is 12.2. The first kappa shape index (κ1) is 15.1. The second-order valence-corrected chi connectivity index (χ2v) is 4.98. The highest BCUT2D eigenvalue weighted by atomic mass is 16.4. The zero-order valence-electron chi connectivity index (χ0n) is 12.2. The Labute approximate surface area is 122 Å². The van der Waals surface area contributed by atoms with Crippen molar-refractivity contribution in [1.82, 2.24) is 5.32 Å². The summed E-state index contributed by atoms with van der Waals surface area (Å²) in [6, 6.07) is 6.93. The molecule has 6 nitrogen and oxygen atoms in total. The number of hydrogen-bond donors (Lipinski definition) is 2. The van der Waals surface area contributed by atoms with Crippen molar-refractivity contribution in [3.63, 3.8) is 0 Å². The molecule has 0 aliphatic carbocycles. The Bertz CT molecular complexity index is 707. The van der Waals surface area contributed by atoms with Crippen LogP contribution in [-0.4, -0.2) is 33.1 Å². The summed E-state index contributed by atoms with van der Waals surface area (Å²) in [6.45, 7) is 0.804. The van der Waals surface area contributed by atoms with Crippen molar-refractivity contribution in [1.29, 1.82) is 0 Å². The number of hydrogen-bond acceptors (Lipinski definition) is 5. The van der Waals surface area contributed by atoms with Crippen molar-refractivity contribution in [3.05, 3.63) is 40.2 Å². The normalized spacial score (nSPS) is 10.6. The molecule has 0 fully saturated rings. The third kappa shape index (κ3) is 3.61. The van der Waals surface area contributed by atoms with Gasteiger partial charge in [0.2, 0.25) is 5.91 Å². The van der Waals surface area contributed by atoms with Crippen LogP contribution >= 0.6 is 0 Å². The van der Waals surface area contributed by atoms with Crippen LogP contribution in [-0.2, 0) is 11.2 Å². The lowest BCUT2D eigenvalue weighted by Crippen LogP contribution is -2.30. The number of benzene rings is 1. The first-order valence-corrected chi connectivity index (χ1v) is 6.72. The maximum absolute atomic E-state index is 11.8. The van der Waals surface area contributed by atoms with Gasteiger partial charge in [-0.1, -0.05) is 0 Å². The van der Waals surface area contributed by atoms with Crippen LogP contribution in [0.25, 0.3) is 11.0 Å². The third-order valence-electron chi connectivity index (χ3n) is 3.15. The van der Waals surface area contributed by atoms with Crippen molar-refractivity contribution < 1.29 is 9.21 Å². The van der Waals surface area contributed by atoms with Crippen molar-refractivity contribution in [2.24, 2.45) is 5.73 Å². The molecule has 0 spiro atoms. The molecule has 0 bridgehead atoms.